The quantitative estimate of drug-likeness (QED) is 0.795. The lowest BCUT2D eigenvalue weighted by Gasteiger charge is -2.12. The number of hydrogen-bond donors (Lipinski definition) is 2. The second-order valence-corrected chi connectivity index (χ2v) is 3.84. The zero-order valence-electron chi connectivity index (χ0n) is 8.44. The van der Waals surface area contributed by atoms with Crippen molar-refractivity contribution in [2.75, 3.05) is 5.32 Å². The Morgan fingerprint density at radius 3 is 2.80 bits per heavy atom. The number of carbonyl (C=O) groups is 1. The van der Waals surface area contributed by atoms with Crippen LogP contribution in [0.5, 0.6) is 0 Å². The first-order chi connectivity index (χ1) is 7.25. The molecule has 1 fully saturated rings. The number of nitrogens with one attached hydrogen (secondary N) is 1. The molecule has 1 aliphatic carbocycles. The minimum Gasteiger partial charge on any atom is -0.477 e. The molecule has 0 unspecified atom stereocenters. The number of nitrogens with zero attached hydrogens (tertiary/aromatic N) is 1. The molecule has 0 atom stereocenters. The summed E-state index contributed by atoms with van der Waals surface area (Å²) in [6, 6.07) is 5.49. The summed E-state index contributed by atoms with van der Waals surface area (Å²) in [6.07, 6.45) is 4.80. The van der Waals surface area contributed by atoms with Crippen LogP contribution in [0.15, 0.2) is 18.2 Å². The molecule has 1 aromatic rings. The second-order valence-electron chi connectivity index (χ2n) is 3.84. The van der Waals surface area contributed by atoms with Crippen LogP contribution in [0.3, 0.4) is 0 Å². The third kappa shape index (κ3) is 2.46. The Kier molecular flexibility index (Phi) is 2.85. The first-order valence-electron chi connectivity index (χ1n) is 5.22. The Hall–Kier alpha value is -1.58. The fourth-order valence-electron chi connectivity index (χ4n) is 1.91. The molecule has 4 nitrogen and oxygen atoms in total. The molecular formula is C11H14N2O2. The van der Waals surface area contributed by atoms with E-state index in [1.54, 1.807) is 6.07 Å². The van der Waals surface area contributed by atoms with E-state index in [4.69, 9.17) is 5.11 Å². The van der Waals surface area contributed by atoms with Gasteiger partial charge < -0.3 is 10.4 Å². The molecule has 1 aromatic heterocycles. The lowest BCUT2D eigenvalue weighted by Crippen LogP contribution is -2.16. The number of anilines is 1. The van der Waals surface area contributed by atoms with E-state index in [2.05, 4.69) is 10.3 Å². The molecule has 0 radical (unpaired) electrons. The van der Waals surface area contributed by atoms with Crippen LogP contribution in [-0.4, -0.2) is 22.1 Å². The number of hydrogen-bond acceptors (Lipinski definition) is 3. The van der Waals surface area contributed by atoms with E-state index in [9.17, 15) is 4.79 Å². The van der Waals surface area contributed by atoms with E-state index >= 15 is 0 Å². The topological polar surface area (TPSA) is 62.2 Å². The van der Waals surface area contributed by atoms with Crippen LogP contribution in [0.25, 0.3) is 0 Å². The molecular weight excluding hydrogens is 192 g/mol. The highest BCUT2D eigenvalue weighted by Crippen LogP contribution is 2.21. The van der Waals surface area contributed by atoms with E-state index < -0.39 is 5.97 Å². The highest BCUT2D eigenvalue weighted by Gasteiger charge is 2.15. The van der Waals surface area contributed by atoms with Crippen molar-refractivity contribution in [3.05, 3.63) is 23.9 Å². The maximum Gasteiger partial charge on any atom is 0.354 e. The predicted octanol–water partition coefficient (Wildman–Crippen LogP) is 2.13. The lowest BCUT2D eigenvalue weighted by molar-refractivity contribution is 0.0690. The Morgan fingerprint density at radius 2 is 2.13 bits per heavy atom. The molecule has 15 heavy (non-hydrogen) atoms. The normalized spacial score (nSPS) is 16.5. The number of carboxylic acid groups (broad SMARTS) is 1. The number of pyridine rings is 1. The number of aromatic carboxylic acids is 1. The van der Waals surface area contributed by atoms with Gasteiger partial charge in [-0.15, -0.1) is 0 Å². The lowest BCUT2D eigenvalue weighted by atomic mass is 10.2. The average Bonchev–Trinajstić information content (AvgIpc) is 2.71. The maximum absolute atomic E-state index is 10.7. The van der Waals surface area contributed by atoms with Crippen molar-refractivity contribution < 1.29 is 9.90 Å². The predicted molar refractivity (Wildman–Crippen MR) is 57.1 cm³/mol. The van der Waals surface area contributed by atoms with Gasteiger partial charge in [-0.1, -0.05) is 18.9 Å². The van der Waals surface area contributed by atoms with Crippen LogP contribution in [-0.2, 0) is 0 Å². The molecule has 0 aromatic carbocycles. The smallest absolute Gasteiger partial charge is 0.354 e. The zero-order valence-corrected chi connectivity index (χ0v) is 8.44. The van der Waals surface area contributed by atoms with Gasteiger partial charge in [0.1, 0.15) is 5.82 Å². The van der Waals surface area contributed by atoms with Crippen LogP contribution in [0.2, 0.25) is 0 Å². The zero-order chi connectivity index (χ0) is 10.7. The summed E-state index contributed by atoms with van der Waals surface area (Å²) in [7, 11) is 0. The van der Waals surface area contributed by atoms with Gasteiger partial charge in [0.05, 0.1) is 0 Å². The summed E-state index contributed by atoms with van der Waals surface area (Å²) in [5.41, 5.74) is 0.0954. The van der Waals surface area contributed by atoms with Crippen molar-refractivity contribution in [1.29, 1.82) is 0 Å². The van der Waals surface area contributed by atoms with Gasteiger partial charge in [-0.25, -0.2) is 9.78 Å². The van der Waals surface area contributed by atoms with Crippen molar-refractivity contribution in [1.82, 2.24) is 4.98 Å². The Balaban J connectivity index is 2.07. The van der Waals surface area contributed by atoms with Crippen LogP contribution in [0.4, 0.5) is 5.82 Å². The van der Waals surface area contributed by atoms with Crippen molar-refractivity contribution in [3.63, 3.8) is 0 Å². The molecule has 2 N–H and O–H groups in total. The van der Waals surface area contributed by atoms with Crippen LogP contribution >= 0.6 is 0 Å². The third-order valence-electron chi connectivity index (χ3n) is 2.68. The monoisotopic (exact) mass is 206 g/mol. The molecule has 0 saturated heterocycles. The molecule has 1 heterocycles. The summed E-state index contributed by atoms with van der Waals surface area (Å²) < 4.78 is 0. The number of aromatic nitrogens is 1. The molecule has 0 aliphatic heterocycles. The van der Waals surface area contributed by atoms with Gasteiger partial charge in [0, 0.05) is 6.04 Å². The first kappa shape index (κ1) is 9.96. The number of carboxylic acids is 1. The third-order valence-corrected chi connectivity index (χ3v) is 2.68. The highest BCUT2D eigenvalue weighted by atomic mass is 16.4. The Bertz CT molecular complexity index is 359. The van der Waals surface area contributed by atoms with E-state index in [1.807, 2.05) is 6.07 Å². The van der Waals surface area contributed by atoms with Crippen molar-refractivity contribution in [3.8, 4) is 0 Å². The average molecular weight is 206 g/mol. The van der Waals surface area contributed by atoms with Gasteiger partial charge in [0.15, 0.2) is 5.69 Å². The summed E-state index contributed by atoms with van der Waals surface area (Å²) in [4.78, 5) is 14.7. The minimum atomic E-state index is -0.981. The molecule has 1 saturated carbocycles. The van der Waals surface area contributed by atoms with Gasteiger partial charge in [0.25, 0.3) is 0 Å². The Labute approximate surface area is 88.3 Å². The van der Waals surface area contributed by atoms with Crippen LogP contribution in [0, 0.1) is 0 Å². The van der Waals surface area contributed by atoms with E-state index in [1.165, 1.54) is 18.9 Å². The maximum atomic E-state index is 10.7. The van der Waals surface area contributed by atoms with Gasteiger partial charge in [0.2, 0.25) is 0 Å². The fourth-order valence-corrected chi connectivity index (χ4v) is 1.91. The van der Waals surface area contributed by atoms with Gasteiger partial charge in [-0.3, -0.25) is 0 Å². The molecule has 0 amide bonds. The molecule has 0 spiro atoms. The summed E-state index contributed by atoms with van der Waals surface area (Å²) >= 11 is 0. The largest absolute Gasteiger partial charge is 0.477 e. The molecule has 0 bridgehead atoms. The Morgan fingerprint density at radius 1 is 1.40 bits per heavy atom. The van der Waals surface area contributed by atoms with Crippen molar-refractivity contribution in [2.45, 2.75) is 31.7 Å². The van der Waals surface area contributed by atoms with Crippen LogP contribution in [0.1, 0.15) is 36.2 Å². The minimum absolute atomic E-state index is 0.0954. The summed E-state index contributed by atoms with van der Waals surface area (Å²) in [5.74, 6) is -0.313. The summed E-state index contributed by atoms with van der Waals surface area (Å²) in [5, 5.41) is 12.0. The van der Waals surface area contributed by atoms with Gasteiger partial charge >= 0.3 is 5.97 Å². The molecule has 1 aliphatic rings. The fraction of sp³-hybridized carbons (Fsp3) is 0.455. The molecule has 80 valence electrons. The van der Waals surface area contributed by atoms with Crippen LogP contribution < -0.4 is 5.32 Å². The highest BCUT2D eigenvalue weighted by molar-refractivity contribution is 5.85. The second kappa shape index (κ2) is 4.29. The van der Waals surface area contributed by atoms with E-state index in [0.29, 0.717) is 11.9 Å². The van der Waals surface area contributed by atoms with Gasteiger partial charge in [-0.05, 0) is 25.0 Å². The summed E-state index contributed by atoms with van der Waals surface area (Å²) in [6.45, 7) is 0. The van der Waals surface area contributed by atoms with E-state index in [-0.39, 0.29) is 5.69 Å². The standard InChI is InChI=1S/C11H14N2O2/c14-11(15)9-6-3-7-10(13-9)12-8-4-1-2-5-8/h3,6-8H,1-2,4-5H2,(H,12,13)(H,14,15). The van der Waals surface area contributed by atoms with E-state index in [0.717, 1.165) is 12.8 Å². The van der Waals surface area contributed by atoms with Crippen molar-refractivity contribution in [2.24, 2.45) is 0 Å². The SMILES string of the molecule is O=C(O)c1cccc(NC2CCCC2)n1. The van der Waals surface area contributed by atoms with Gasteiger partial charge in [-0.2, -0.15) is 0 Å². The molecule has 2 rings (SSSR count). The number of rotatable bonds is 3. The first-order valence-corrected chi connectivity index (χ1v) is 5.22. The molecule has 4 heteroatoms. The van der Waals surface area contributed by atoms with Crippen molar-refractivity contribution >= 4 is 11.8 Å².